The standard InChI is InChI=1S/C21H15Cl2N5O2/c22-15-6-4-14(11-16(15)23)26-21(30)25-13-5-7-18-12(10-13)8-9-28(18)19-3-1-2-17(27-19)20(24)29/h1-11H,(H2,24,29)(H2,25,26,30). The Morgan fingerprint density at radius 1 is 0.900 bits per heavy atom. The highest BCUT2D eigenvalue weighted by Gasteiger charge is 2.10. The quantitative estimate of drug-likeness (QED) is 0.413. The fourth-order valence-electron chi connectivity index (χ4n) is 2.98. The summed E-state index contributed by atoms with van der Waals surface area (Å²) in [6.07, 6.45) is 1.83. The predicted octanol–water partition coefficient (Wildman–Crippen LogP) is 5.08. The Balaban J connectivity index is 1.54. The van der Waals surface area contributed by atoms with E-state index in [1.165, 1.54) is 0 Å². The molecular formula is C21H15Cl2N5O2. The number of pyridine rings is 1. The van der Waals surface area contributed by atoms with Crippen molar-refractivity contribution in [2.45, 2.75) is 0 Å². The summed E-state index contributed by atoms with van der Waals surface area (Å²) in [6.45, 7) is 0. The molecule has 4 N–H and O–H groups in total. The number of amides is 3. The van der Waals surface area contributed by atoms with E-state index in [-0.39, 0.29) is 5.69 Å². The molecule has 0 aliphatic heterocycles. The van der Waals surface area contributed by atoms with Crippen molar-refractivity contribution < 1.29 is 9.59 Å². The minimum Gasteiger partial charge on any atom is -0.364 e. The van der Waals surface area contributed by atoms with Gasteiger partial charge in [-0.2, -0.15) is 0 Å². The number of urea groups is 1. The summed E-state index contributed by atoms with van der Waals surface area (Å²) < 4.78 is 1.83. The van der Waals surface area contributed by atoms with Crippen LogP contribution in [0.2, 0.25) is 10.0 Å². The number of anilines is 2. The van der Waals surface area contributed by atoms with Gasteiger partial charge in [0.1, 0.15) is 11.5 Å². The molecule has 0 aliphatic rings. The topological polar surface area (TPSA) is 102 Å². The summed E-state index contributed by atoms with van der Waals surface area (Å²) in [6, 6.07) is 16.8. The lowest BCUT2D eigenvalue weighted by Gasteiger charge is -2.09. The maximum Gasteiger partial charge on any atom is 0.323 e. The number of fused-ring (bicyclic) bond motifs is 1. The van der Waals surface area contributed by atoms with Gasteiger partial charge in [0, 0.05) is 23.0 Å². The fourth-order valence-corrected chi connectivity index (χ4v) is 3.28. The summed E-state index contributed by atoms with van der Waals surface area (Å²) >= 11 is 11.8. The summed E-state index contributed by atoms with van der Waals surface area (Å²) in [5, 5.41) is 7.13. The monoisotopic (exact) mass is 439 g/mol. The second-order valence-corrected chi connectivity index (χ2v) is 7.23. The SMILES string of the molecule is NC(=O)c1cccc(-n2ccc3cc(NC(=O)Nc4ccc(Cl)c(Cl)c4)ccc32)n1. The van der Waals surface area contributed by atoms with Crippen molar-refractivity contribution in [3.8, 4) is 5.82 Å². The van der Waals surface area contributed by atoms with Gasteiger partial charge in [0.25, 0.3) is 5.91 Å². The molecule has 0 saturated heterocycles. The van der Waals surface area contributed by atoms with E-state index < -0.39 is 11.9 Å². The van der Waals surface area contributed by atoms with Crippen LogP contribution in [0.5, 0.6) is 0 Å². The van der Waals surface area contributed by atoms with Crippen molar-refractivity contribution in [2.75, 3.05) is 10.6 Å². The van der Waals surface area contributed by atoms with E-state index in [1.807, 2.05) is 29.0 Å². The van der Waals surface area contributed by atoms with Crippen molar-refractivity contribution >= 4 is 57.4 Å². The Bertz CT molecular complexity index is 1290. The molecule has 0 bridgehead atoms. The Morgan fingerprint density at radius 2 is 1.63 bits per heavy atom. The summed E-state index contributed by atoms with van der Waals surface area (Å²) in [5.74, 6) is -0.0212. The van der Waals surface area contributed by atoms with Crippen LogP contribution in [-0.2, 0) is 0 Å². The van der Waals surface area contributed by atoms with Crippen LogP contribution < -0.4 is 16.4 Å². The molecule has 0 atom stereocenters. The molecule has 2 aromatic heterocycles. The van der Waals surface area contributed by atoms with Crippen molar-refractivity contribution in [1.29, 1.82) is 0 Å². The van der Waals surface area contributed by atoms with Crippen LogP contribution in [0.25, 0.3) is 16.7 Å². The van der Waals surface area contributed by atoms with E-state index in [9.17, 15) is 9.59 Å². The first kappa shape index (κ1) is 19.8. The van der Waals surface area contributed by atoms with E-state index in [0.717, 1.165) is 10.9 Å². The van der Waals surface area contributed by atoms with E-state index in [0.29, 0.717) is 27.2 Å². The second kappa shape index (κ2) is 8.06. The number of carbonyl (C=O) groups excluding carboxylic acids is 2. The number of aromatic nitrogens is 2. The first-order chi connectivity index (χ1) is 14.4. The molecule has 0 unspecified atom stereocenters. The third-order valence-electron chi connectivity index (χ3n) is 4.36. The zero-order valence-corrected chi connectivity index (χ0v) is 16.9. The lowest BCUT2D eigenvalue weighted by atomic mass is 10.2. The Kier molecular flexibility index (Phi) is 5.31. The molecule has 4 aromatic rings. The number of hydrogen-bond donors (Lipinski definition) is 3. The number of rotatable bonds is 4. The Hall–Kier alpha value is -3.55. The largest absolute Gasteiger partial charge is 0.364 e. The average molecular weight is 440 g/mol. The average Bonchev–Trinajstić information content (AvgIpc) is 3.14. The number of halogens is 2. The highest BCUT2D eigenvalue weighted by Crippen LogP contribution is 2.26. The van der Waals surface area contributed by atoms with Gasteiger partial charge in [0.05, 0.1) is 15.6 Å². The molecule has 30 heavy (non-hydrogen) atoms. The van der Waals surface area contributed by atoms with Gasteiger partial charge in [-0.25, -0.2) is 9.78 Å². The van der Waals surface area contributed by atoms with Crippen molar-refractivity contribution in [1.82, 2.24) is 9.55 Å². The highest BCUT2D eigenvalue weighted by atomic mass is 35.5. The zero-order valence-electron chi connectivity index (χ0n) is 15.4. The molecule has 2 heterocycles. The summed E-state index contributed by atoms with van der Waals surface area (Å²) in [5.41, 5.74) is 7.49. The van der Waals surface area contributed by atoms with Gasteiger partial charge in [-0.15, -0.1) is 0 Å². The molecule has 3 amide bonds. The van der Waals surface area contributed by atoms with Gasteiger partial charge in [-0.1, -0.05) is 29.3 Å². The van der Waals surface area contributed by atoms with Crippen LogP contribution in [-0.4, -0.2) is 21.5 Å². The lowest BCUT2D eigenvalue weighted by Crippen LogP contribution is -2.19. The summed E-state index contributed by atoms with van der Waals surface area (Å²) in [4.78, 5) is 28.0. The van der Waals surface area contributed by atoms with E-state index >= 15 is 0 Å². The smallest absolute Gasteiger partial charge is 0.323 e. The molecule has 0 radical (unpaired) electrons. The number of hydrogen-bond acceptors (Lipinski definition) is 3. The maximum atomic E-state index is 12.3. The lowest BCUT2D eigenvalue weighted by molar-refractivity contribution is 0.0995. The zero-order chi connectivity index (χ0) is 21.3. The van der Waals surface area contributed by atoms with Crippen LogP contribution in [0.15, 0.2) is 66.9 Å². The number of carbonyl (C=O) groups is 2. The normalized spacial score (nSPS) is 10.7. The molecule has 2 aromatic carbocycles. The fraction of sp³-hybridized carbons (Fsp3) is 0. The summed E-state index contributed by atoms with van der Waals surface area (Å²) in [7, 11) is 0. The minimum atomic E-state index is -0.590. The number of primary amides is 1. The van der Waals surface area contributed by atoms with Crippen molar-refractivity contribution in [2.24, 2.45) is 5.73 Å². The molecule has 150 valence electrons. The number of nitrogens with two attached hydrogens (primary N) is 1. The van der Waals surface area contributed by atoms with Gasteiger partial charge < -0.3 is 20.9 Å². The number of nitrogens with zero attached hydrogens (tertiary/aromatic N) is 2. The van der Waals surface area contributed by atoms with Gasteiger partial charge >= 0.3 is 6.03 Å². The molecule has 0 saturated carbocycles. The molecule has 0 fully saturated rings. The van der Waals surface area contributed by atoms with Gasteiger partial charge in [-0.3, -0.25) is 4.79 Å². The molecule has 0 aliphatic carbocycles. The molecule has 4 rings (SSSR count). The van der Waals surface area contributed by atoms with Gasteiger partial charge in [0.2, 0.25) is 0 Å². The van der Waals surface area contributed by atoms with Crippen LogP contribution in [0.3, 0.4) is 0 Å². The number of nitrogens with one attached hydrogen (secondary N) is 2. The van der Waals surface area contributed by atoms with E-state index in [2.05, 4.69) is 15.6 Å². The maximum absolute atomic E-state index is 12.3. The minimum absolute atomic E-state index is 0.187. The van der Waals surface area contributed by atoms with Gasteiger partial charge in [0.15, 0.2) is 0 Å². The van der Waals surface area contributed by atoms with Crippen LogP contribution in [0.4, 0.5) is 16.2 Å². The first-order valence-corrected chi connectivity index (χ1v) is 9.58. The van der Waals surface area contributed by atoms with Gasteiger partial charge in [-0.05, 0) is 54.6 Å². The molecule has 9 heteroatoms. The molecule has 0 spiro atoms. The Labute approximate surface area is 181 Å². The Morgan fingerprint density at radius 3 is 2.37 bits per heavy atom. The van der Waals surface area contributed by atoms with Crippen LogP contribution >= 0.6 is 23.2 Å². The van der Waals surface area contributed by atoms with Crippen molar-refractivity contribution in [3.05, 3.63) is 82.6 Å². The van der Waals surface area contributed by atoms with E-state index in [4.69, 9.17) is 28.9 Å². The van der Waals surface area contributed by atoms with Crippen molar-refractivity contribution in [3.63, 3.8) is 0 Å². The second-order valence-electron chi connectivity index (χ2n) is 6.41. The van der Waals surface area contributed by atoms with E-state index in [1.54, 1.807) is 42.5 Å². The van der Waals surface area contributed by atoms with Crippen LogP contribution in [0, 0.1) is 0 Å². The third-order valence-corrected chi connectivity index (χ3v) is 5.10. The number of benzene rings is 2. The molecule has 7 nitrogen and oxygen atoms in total. The van der Waals surface area contributed by atoms with Crippen LogP contribution in [0.1, 0.15) is 10.5 Å². The first-order valence-electron chi connectivity index (χ1n) is 8.82. The highest BCUT2D eigenvalue weighted by molar-refractivity contribution is 6.42. The predicted molar refractivity (Wildman–Crippen MR) is 119 cm³/mol. The molecular weight excluding hydrogens is 425 g/mol. The third kappa shape index (κ3) is 4.07.